The summed E-state index contributed by atoms with van der Waals surface area (Å²) in [4.78, 5) is 25.2. The van der Waals surface area contributed by atoms with Crippen molar-refractivity contribution < 1.29 is 10.3 Å². The maximum atomic E-state index is 11.7. The smallest absolute Gasteiger partial charge is 0.335 e. The first kappa shape index (κ1) is 13.1. The summed E-state index contributed by atoms with van der Waals surface area (Å²) >= 11 is 3.24. The summed E-state index contributed by atoms with van der Waals surface area (Å²) in [6.07, 6.45) is 0.753. The second-order valence-corrected chi connectivity index (χ2v) is 4.47. The number of aromatic amines is 1. The fraction of sp³-hybridized carbons (Fsp3) is 0. The zero-order chi connectivity index (χ0) is 14.0. The van der Waals surface area contributed by atoms with Gasteiger partial charge in [-0.3, -0.25) is 9.78 Å². The SMILES string of the molecule is O=c1[nH]c(=O)n(-c2ccc(Br)cc2)c(O)c1C=NO. The lowest BCUT2D eigenvalue weighted by molar-refractivity contribution is 0.321. The molecular weight excluding hydrogens is 318 g/mol. The highest BCUT2D eigenvalue weighted by atomic mass is 79.9. The van der Waals surface area contributed by atoms with Gasteiger partial charge in [0.2, 0.25) is 5.88 Å². The van der Waals surface area contributed by atoms with Crippen molar-refractivity contribution >= 4 is 22.1 Å². The zero-order valence-electron chi connectivity index (χ0n) is 9.37. The van der Waals surface area contributed by atoms with E-state index < -0.39 is 17.1 Å². The molecule has 2 aromatic rings. The van der Waals surface area contributed by atoms with Crippen molar-refractivity contribution in [3.8, 4) is 11.6 Å². The quantitative estimate of drug-likeness (QED) is 0.431. The molecule has 0 aliphatic carbocycles. The Morgan fingerprint density at radius 2 is 1.89 bits per heavy atom. The molecule has 1 aromatic heterocycles. The number of nitrogens with one attached hydrogen (secondary N) is 1. The van der Waals surface area contributed by atoms with Gasteiger partial charge in [0.15, 0.2) is 0 Å². The summed E-state index contributed by atoms with van der Waals surface area (Å²) in [6, 6.07) is 6.49. The van der Waals surface area contributed by atoms with Gasteiger partial charge in [-0.05, 0) is 24.3 Å². The molecule has 7 nitrogen and oxygen atoms in total. The lowest BCUT2D eigenvalue weighted by atomic mass is 10.3. The monoisotopic (exact) mass is 325 g/mol. The summed E-state index contributed by atoms with van der Waals surface area (Å²) in [6.45, 7) is 0. The van der Waals surface area contributed by atoms with Crippen molar-refractivity contribution in [2.75, 3.05) is 0 Å². The van der Waals surface area contributed by atoms with Gasteiger partial charge in [-0.2, -0.15) is 0 Å². The predicted octanol–water partition coefficient (Wildman–Crippen LogP) is 0.802. The van der Waals surface area contributed by atoms with Crippen LogP contribution in [0.25, 0.3) is 5.69 Å². The van der Waals surface area contributed by atoms with E-state index >= 15 is 0 Å². The van der Waals surface area contributed by atoms with Crippen LogP contribution < -0.4 is 11.2 Å². The van der Waals surface area contributed by atoms with Crippen LogP contribution in [0.4, 0.5) is 0 Å². The maximum Gasteiger partial charge on any atom is 0.335 e. The molecule has 3 N–H and O–H groups in total. The van der Waals surface area contributed by atoms with Crippen LogP contribution in [0, 0.1) is 0 Å². The van der Waals surface area contributed by atoms with Gasteiger partial charge in [-0.25, -0.2) is 9.36 Å². The number of hydrogen-bond donors (Lipinski definition) is 3. The summed E-state index contributed by atoms with van der Waals surface area (Å²) in [5.41, 5.74) is -1.59. The summed E-state index contributed by atoms with van der Waals surface area (Å²) in [5, 5.41) is 21.1. The average Bonchev–Trinajstić information content (AvgIpc) is 2.36. The number of hydrogen-bond acceptors (Lipinski definition) is 5. The molecule has 2 rings (SSSR count). The second kappa shape index (κ2) is 5.11. The van der Waals surface area contributed by atoms with E-state index in [9.17, 15) is 14.7 Å². The molecule has 0 unspecified atom stereocenters. The first-order valence-corrected chi connectivity index (χ1v) is 5.85. The van der Waals surface area contributed by atoms with Gasteiger partial charge in [0, 0.05) is 4.47 Å². The van der Waals surface area contributed by atoms with Crippen LogP contribution in [-0.2, 0) is 0 Å². The first-order valence-electron chi connectivity index (χ1n) is 5.06. The Bertz CT molecular complexity index is 746. The second-order valence-electron chi connectivity index (χ2n) is 3.55. The highest BCUT2D eigenvalue weighted by molar-refractivity contribution is 9.10. The van der Waals surface area contributed by atoms with Gasteiger partial charge in [0.05, 0.1) is 11.9 Å². The fourth-order valence-corrected chi connectivity index (χ4v) is 1.81. The molecule has 1 aromatic carbocycles. The highest BCUT2D eigenvalue weighted by Crippen LogP contribution is 2.17. The minimum atomic E-state index is -0.839. The molecule has 98 valence electrons. The normalized spacial score (nSPS) is 11.0. The summed E-state index contributed by atoms with van der Waals surface area (Å²) < 4.78 is 1.69. The Labute approximate surface area is 114 Å². The molecule has 0 radical (unpaired) electrons. The highest BCUT2D eigenvalue weighted by Gasteiger charge is 2.14. The molecule has 0 saturated heterocycles. The van der Waals surface area contributed by atoms with Crippen LogP contribution in [0.2, 0.25) is 0 Å². The third kappa shape index (κ3) is 2.43. The van der Waals surface area contributed by atoms with Crippen molar-refractivity contribution in [2.24, 2.45) is 5.16 Å². The Hall–Kier alpha value is -2.35. The lowest BCUT2D eigenvalue weighted by Crippen LogP contribution is -2.31. The third-order valence-electron chi connectivity index (χ3n) is 2.39. The van der Waals surface area contributed by atoms with E-state index in [0.717, 1.165) is 15.3 Å². The lowest BCUT2D eigenvalue weighted by Gasteiger charge is -2.09. The minimum absolute atomic E-state index is 0.315. The van der Waals surface area contributed by atoms with Gasteiger partial charge in [0.1, 0.15) is 5.56 Å². The van der Waals surface area contributed by atoms with Crippen molar-refractivity contribution in [3.63, 3.8) is 0 Å². The Morgan fingerprint density at radius 1 is 1.26 bits per heavy atom. The van der Waals surface area contributed by atoms with Gasteiger partial charge in [-0.15, -0.1) is 0 Å². The van der Waals surface area contributed by atoms with Gasteiger partial charge in [0.25, 0.3) is 5.56 Å². The minimum Gasteiger partial charge on any atom is -0.493 e. The molecule has 0 amide bonds. The molecule has 0 saturated carbocycles. The number of H-pyrrole nitrogens is 1. The van der Waals surface area contributed by atoms with E-state index in [1.807, 2.05) is 4.98 Å². The van der Waals surface area contributed by atoms with Crippen LogP contribution in [0.1, 0.15) is 5.56 Å². The maximum absolute atomic E-state index is 11.7. The number of aromatic nitrogens is 2. The standard InChI is InChI=1S/C11H8BrN3O4/c12-6-1-3-7(4-2-6)15-10(17)8(5-13-19)9(16)14-11(15)18/h1-5,17,19H,(H,14,16,18). The van der Waals surface area contributed by atoms with Crippen molar-refractivity contribution in [3.05, 3.63) is 55.1 Å². The Kier molecular flexibility index (Phi) is 3.52. The van der Waals surface area contributed by atoms with Gasteiger partial charge >= 0.3 is 5.69 Å². The fourth-order valence-electron chi connectivity index (χ4n) is 1.54. The molecule has 0 bridgehead atoms. The number of halogens is 1. The first-order chi connectivity index (χ1) is 9.04. The molecule has 0 atom stereocenters. The number of oxime groups is 1. The van der Waals surface area contributed by atoms with Gasteiger partial charge < -0.3 is 10.3 Å². The van der Waals surface area contributed by atoms with E-state index in [2.05, 4.69) is 21.1 Å². The van der Waals surface area contributed by atoms with Crippen LogP contribution in [0.15, 0.2) is 43.5 Å². The zero-order valence-corrected chi connectivity index (χ0v) is 11.0. The molecule has 0 fully saturated rings. The van der Waals surface area contributed by atoms with Crippen molar-refractivity contribution in [1.82, 2.24) is 9.55 Å². The predicted molar refractivity (Wildman–Crippen MR) is 71.4 cm³/mol. The molecule has 0 spiro atoms. The van der Waals surface area contributed by atoms with E-state index in [0.29, 0.717) is 5.69 Å². The van der Waals surface area contributed by atoms with Gasteiger partial charge in [-0.1, -0.05) is 21.1 Å². The van der Waals surface area contributed by atoms with E-state index in [4.69, 9.17) is 5.21 Å². The van der Waals surface area contributed by atoms with Crippen LogP contribution in [0.3, 0.4) is 0 Å². The van der Waals surface area contributed by atoms with Crippen molar-refractivity contribution in [1.29, 1.82) is 0 Å². The summed E-state index contributed by atoms with van der Waals surface area (Å²) in [7, 11) is 0. The Balaban J connectivity index is 2.77. The number of aromatic hydroxyl groups is 1. The molecule has 0 aliphatic heterocycles. The topological polar surface area (TPSA) is 108 Å². The van der Waals surface area contributed by atoms with E-state index in [1.165, 1.54) is 0 Å². The molecule has 1 heterocycles. The summed E-state index contributed by atoms with van der Waals surface area (Å²) in [5.74, 6) is -0.603. The van der Waals surface area contributed by atoms with Crippen LogP contribution in [-0.4, -0.2) is 26.1 Å². The van der Waals surface area contributed by atoms with Crippen LogP contribution in [0.5, 0.6) is 5.88 Å². The number of nitrogens with zero attached hydrogens (tertiary/aromatic N) is 2. The van der Waals surface area contributed by atoms with Crippen LogP contribution >= 0.6 is 15.9 Å². The number of benzene rings is 1. The number of rotatable bonds is 2. The molecule has 8 heteroatoms. The van der Waals surface area contributed by atoms with Crippen molar-refractivity contribution in [2.45, 2.75) is 0 Å². The molecule has 0 aliphatic rings. The van der Waals surface area contributed by atoms with E-state index in [1.54, 1.807) is 24.3 Å². The molecule has 19 heavy (non-hydrogen) atoms. The largest absolute Gasteiger partial charge is 0.493 e. The Morgan fingerprint density at radius 3 is 2.47 bits per heavy atom. The average molecular weight is 326 g/mol. The van der Waals surface area contributed by atoms with E-state index in [-0.39, 0.29) is 5.56 Å². The third-order valence-corrected chi connectivity index (χ3v) is 2.92. The molecular formula is C11H8BrN3O4.